The van der Waals surface area contributed by atoms with Crippen molar-refractivity contribution in [3.05, 3.63) is 88.2 Å². The summed E-state index contributed by atoms with van der Waals surface area (Å²) in [7, 11) is 0. The summed E-state index contributed by atoms with van der Waals surface area (Å²) in [4.78, 5) is 4.52. The van der Waals surface area contributed by atoms with Crippen LogP contribution in [0.5, 0.6) is 11.5 Å². The standard InChI is InChI=1S/C23H21ClFNO2/c1-3-27-23-13-17(14-26-21-9-5-8-20(24)16(21)2)10-11-22(23)28-15-18-6-4-7-19(25)12-18/h4-14H,3,15H2,1-2H3. The summed E-state index contributed by atoms with van der Waals surface area (Å²) >= 11 is 6.14. The molecule has 3 aromatic carbocycles. The van der Waals surface area contributed by atoms with Crippen LogP contribution in [0.25, 0.3) is 0 Å². The maximum atomic E-state index is 13.3. The lowest BCUT2D eigenvalue weighted by Gasteiger charge is -2.13. The van der Waals surface area contributed by atoms with Gasteiger partial charge < -0.3 is 9.47 Å². The second-order valence-corrected chi connectivity index (χ2v) is 6.61. The van der Waals surface area contributed by atoms with Crippen LogP contribution in [0.2, 0.25) is 5.02 Å². The normalized spacial score (nSPS) is 11.0. The second-order valence-electron chi connectivity index (χ2n) is 6.20. The van der Waals surface area contributed by atoms with Crippen molar-refractivity contribution in [2.24, 2.45) is 4.99 Å². The number of aliphatic imine (C=N–C) groups is 1. The Hall–Kier alpha value is -2.85. The first kappa shape index (κ1) is 19.9. The molecule has 0 fully saturated rings. The minimum Gasteiger partial charge on any atom is -0.490 e. The number of hydrogen-bond acceptors (Lipinski definition) is 3. The number of halogens is 2. The van der Waals surface area contributed by atoms with E-state index >= 15 is 0 Å². The number of rotatable bonds is 7. The molecule has 0 unspecified atom stereocenters. The lowest BCUT2D eigenvalue weighted by molar-refractivity contribution is 0.269. The molecule has 0 N–H and O–H groups in total. The molecule has 0 aliphatic rings. The smallest absolute Gasteiger partial charge is 0.161 e. The van der Waals surface area contributed by atoms with Gasteiger partial charge in [0.2, 0.25) is 0 Å². The molecule has 0 bridgehead atoms. The molecule has 28 heavy (non-hydrogen) atoms. The van der Waals surface area contributed by atoms with Crippen LogP contribution in [0.1, 0.15) is 23.6 Å². The van der Waals surface area contributed by atoms with E-state index in [1.165, 1.54) is 12.1 Å². The summed E-state index contributed by atoms with van der Waals surface area (Å²) in [6.45, 7) is 4.60. The Morgan fingerprint density at radius 1 is 1.00 bits per heavy atom. The molecule has 3 nitrogen and oxygen atoms in total. The van der Waals surface area contributed by atoms with Crippen molar-refractivity contribution in [3.8, 4) is 11.5 Å². The van der Waals surface area contributed by atoms with Crippen molar-refractivity contribution in [2.75, 3.05) is 6.61 Å². The van der Waals surface area contributed by atoms with E-state index in [0.29, 0.717) is 23.1 Å². The van der Waals surface area contributed by atoms with Crippen LogP contribution in [0, 0.1) is 12.7 Å². The quantitative estimate of drug-likeness (QED) is 0.425. The van der Waals surface area contributed by atoms with Gasteiger partial charge in [0.15, 0.2) is 11.5 Å². The van der Waals surface area contributed by atoms with Crippen LogP contribution < -0.4 is 9.47 Å². The van der Waals surface area contributed by atoms with Crippen LogP contribution in [0.15, 0.2) is 65.7 Å². The molecule has 0 aromatic heterocycles. The number of nitrogens with zero attached hydrogens (tertiary/aromatic N) is 1. The monoisotopic (exact) mass is 397 g/mol. The molecule has 0 saturated carbocycles. The fraction of sp³-hybridized carbons (Fsp3) is 0.174. The first-order chi connectivity index (χ1) is 13.6. The van der Waals surface area contributed by atoms with Gasteiger partial charge in [-0.2, -0.15) is 0 Å². The van der Waals surface area contributed by atoms with E-state index in [4.69, 9.17) is 21.1 Å². The molecular weight excluding hydrogens is 377 g/mol. The van der Waals surface area contributed by atoms with E-state index < -0.39 is 0 Å². The van der Waals surface area contributed by atoms with Gasteiger partial charge in [0, 0.05) is 11.2 Å². The first-order valence-electron chi connectivity index (χ1n) is 9.00. The van der Waals surface area contributed by atoms with Crippen LogP contribution in [-0.4, -0.2) is 12.8 Å². The fourth-order valence-electron chi connectivity index (χ4n) is 2.66. The van der Waals surface area contributed by atoms with Crippen molar-refractivity contribution in [2.45, 2.75) is 20.5 Å². The van der Waals surface area contributed by atoms with E-state index in [-0.39, 0.29) is 12.4 Å². The van der Waals surface area contributed by atoms with Gasteiger partial charge in [0.05, 0.1) is 12.3 Å². The van der Waals surface area contributed by atoms with Crippen molar-refractivity contribution in [1.29, 1.82) is 0 Å². The van der Waals surface area contributed by atoms with Crippen molar-refractivity contribution in [3.63, 3.8) is 0 Å². The zero-order chi connectivity index (χ0) is 19.9. The Bertz CT molecular complexity index is 988. The molecular formula is C23H21ClFNO2. The summed E-state index contributed by atoms with van der Waals surface area (Å²) < 4.78 is 24.9. The Balaban J connectivity index is 1.78. The number of ether oxygens (including phenoxy) is 2. The van der Waals surface area contributed by atoms with Gasteiger partial charge in [-0.15, -0.1) is 0 Å². The minimum absolute atomic E-state index is 0.257. The van der Waals surface area contributed by atoms with Crippen molar-refractivity contribution in [1.82, 2.24) is 0 Å². The predicted molar refractivity (Wildman–Crippen MR) is 112 cm³/mol. The van der Waals surface area contributed by atoms with Gasteiger partial charge in [-0.05, 0) is 73.0 Å². The number of benzene rings is 3. The Kier molecular flexibility index (Phi) is 6.66. The molecule has 3 aromatic rings. The topological polar surface area (TPSA) is 30.8 Å². The van der Waals surface area contributed by atoms with E-state index in [1.54, 1.807) is 12.3 Å². The molecule has 5 heteroatoms. The van der Waals surface area contributed by atoms with Gasteiger partial charge in [-0.1, -0.05) is 29.8 Å². The first-order valence-corrected chi connectivity index (χ1v) is 9.38. The molecule has 0 amide bonds. The molecule has 0 radical (unpaired) electrons. The van der Waals surface area contributed by atoms with Crippen molar-refractivity contribution < 1.29 is 13.9 Å². The summed E-state index contributed by atoms with van der Waals surface area (Å²) in [5, 5.41) is 0.686. The maximum Gasteiger partial charge on any atom is 0.161 e. The molecule has 0 heterocycles. The van der Waals surface area contributed by atoms with Crippen LogP contribution in [-0.2, 0) is 6.61 Å². The highest BCUT2D eigenvalue weighted by Crippen LogP contribution is 2.30. The lowest BCUT2D eigenvalue weighted by Crippen LogP contribution is -2.00. The van der Waals surface area contributed by atoms with E-state index in [9.17, 15) is 4.39 Å². The van der Waals surface area contributed by atoms with Gasteiger partial charge in [-0.25, -0.2) is 4.39 Å². The zero-order valence-corrected chi connectivity index (χ0v) is 16.5. The van der Waals surface area contributed by atoms with Crippen LogP contribution in [0.4, 0.5) is 10.1 Å². The Morgan fingerprint density at radius 3 is 2.61 bits per heavy atom. The molecule has 0 saturated heterocycles. The predicted octanol–water partition coefficient (Wildman–Crippen LogP) is 6.52. The third-order valence-electron chi connectivity index (χ3n) is 4.14. The van der Waals surface area contributed by atoms with E-state index in [0.717, 1.165) is 22.4 Å². The van der Waals surface area contributed by atoms with Crippen LogP contribution >= 0.6 is 11.6 Å². The molecule has 3 rings (SSSR count). The fourth-order valence-corrected chi connectivity index (χ4v) is 2.83. The minimum atomic E-state index is -0.283. The summed E-state index contributed by atoms with van der Waals surface area (Å²) in [5.41, 5.74) is 3.38. The molecule has 144 valence electrons. The van der Waals surface area contributed by atoms with E-state index in [2.05, 4.69) is 4.99 Å². The molecule has 0 atom stereocenters. The summed E-state index contributed by atoms with van der Waals surface area (Å²) in [6.07, 6.45) is 1.76. The van der Waals surface area contributed by atoms with Gasteiger partial charge in [0.1, 0.15) is 12.4 Å². The Labute approximate surface area is 169 Å². The summed E-state index contributed by atoms with van der Waals surface area (Å²) in [5.74, 6) is 0.932. The van der Waals surface area contributed by atoms with E-state index in [1.807, 2.05) is 56.3 Å². The maximum absolute atomic E-state index is 13.3. The second kappa shape index (κ2) is 9.38. The highest BCUT2D eigenvalue weighted by atomic mass is 35.5. The average Bonchev–Trinajstić information content (AvgIpc) is 2.69. The lowest BCUT2D eigenvalue weighted by atomic mass is 10.2. The SMILES string of the molecule is CCOc1cc(C=Nc2cccc(Cl)c2C)ccc1OCc1cccc(F)c1. The highest BCUT2D eigenvalue weighted by Gasteiger charge is 2.07. The van der Waals surface area contributed by atoms with Crippen molar-refractivity contribution >= 4 is 23.5 Å². The Morgan fingerprint density at radius 2 is 1.82 bits per heavy atom. The van der Waals surface area contributed by atoms with Gasteiger partial charge in [-0.3, -0.25) is 4.99 Å². The largest absolute Gasteiger partial charge is 0.490 e. The zero-order valence-electron chi connectivity index (χ0n) is 15.8. The molecule has 0 aliphatic heterocycles. The highest BCUT2D eigenvalue weighted by molar-refractivity contribution is 6.31. The van der Waals surface area contributed by atoms with Gasteiger partial charge in [0.25, 0.3) is 0 Å². The van der Waals surface area contributed by atoms with Gasteiger partial charge >= 0.3 is 0 Å². The third-order valence-corrected chi connectivity index (χ3v) is 4.55. The summed E-state index contributed by atoms with van der Waals surface area (Å²) in [6, 6.07) is 17.6. The average molecular weight is 398 g/mol. The molecule has 0 aliphatic carbocycles. The van der Waals surface area contributed by atoms with Crippen LogP contribution in [0.3, 0.4) is 0 Å². The third kappa shape index (κ3) is 5.11. The number of hydrogen-bond donors (Lipinski definition) is 0. The molecule has 0 spiro atoms.